The fourth-order valence-electron chi connectivity index (χ4n) is 3.79. The van der Waals surface area contributed by atoms with Gasteiger partial charge in [0, 0.05) is 31.1 Å². The summed E-state index contributed by atoms with van der Waals surface area (Å²) >= 11 is 0. The van der Waals surface area contributed by atoms with Crippen LogP contribution in [-0.2, 0) is 15.8 Å². The fraction of sp³-hybridized carbons (Fsp3) is 0.318. The molecule has 2 heterocycles. The van der Waals surface area contributed by atoms with Crippen molar-refractivity contribution in [3.63, 3.8) is 0 Å². The van der Waals surface area contributed by atoms with E-state index in [1.807, 2.05) is 24.3 Å². The van der Waals surface area contributed by atoms with E-state index in [2.05, 4.69) is 4.72 Å². The van der Waals surface area contributed by atoms with Gasteiger partial charge >= 0.3 is 0 Å². The number of carbonyl (C=O) groups excluding carboxylic acids is 1. The summed E-state index contributed by atoms with van der Waals surface area (Å²) in [5.74, 6) is -1.94. The number of sulfonamides is 1. The van der Waals surface area contributed by atoms with Crippen molar-refractivity contribution in [2.24, 2.45) is 5.92 Å². The zero-order valence-electron chi connectivity index (χ0n) is 16.7. The number of benzene rings is 2. The first-order valence-corrected chi connectivity index (χ1v) is 11.6. The second-order valence-corrected chi connectivity index (χ2v) is 9.58. The van der Waals surface area contributed by atoms with Gasteiger partial charge in [-0.15, -0.1) is 0 Å². The number of halogens is 2. The highest BCUT2D eigenvalue weighted by molar-refractivity contribution is 7.88. The number of amides is 1. The van der Waals surface area contributed by atoms with Crippen molar-refractivity contribution in [2.75, 3.05) is 19.6 Å². The summed E-state index contributed by atoms with van der Waals surface area (Å²) < 4.78 is 59.2. The molecule has 164 valence electrons. The standard InChI is InChI=1S/C22H22F2N2O4S/c23-18-9-16(10-19(24)12-18)14-31(28,29)25-13-15-5-7-26(8-6-15)22(27)21-11-17-3-1-2-4-20(17)30-21/h1-4,9-12,15,25H,5-8,13-14H2. The van der Waals surface area contributed by atoms with Crippen LogP contribution in [0.4, 0.5) is 8.78 Å². The number of para-hydroxylation sites is 1. The van der Waals surface area contributed by atoms with E-state index >= 15 is 0 Å². The first-order chi connectivity index (χ1) is 14.8. The van der Waals surface area contributed by atoms with E-state index in [0.29, 0.717) is 43.3 Å². The number of hydrogen-bond donors (Lipinski definition) is 1. The third kappa shape index (κ3) is 5.29. The number of nitrogens with one attached hydrogen (secondary N) is 1. The van der Waals surface area contributed by atoms with Crippen molar-refractivity contribution >= 4 is 26.9 Å². The molecule has 31 heavy (non-hydrogen) atoms. The Balaban J connectivity index is 1.29. The quantitative estimate of drug-likeness (QED) is 0.624. The van der Waals surface area contributed by atoms with Gasteiger partial charge in [0.15, 0.2) is 5.76 Å². The van der Waals surface area contributed by atoms with Gasteiger partial charge in [-0.25, -0.2) is 21.9 Å². The maximum Gasteiger partial charge on any atom is 0.289 e. The second kappa shape index (κ2) is 8.76. The number of nitrogens with zero attached hydrogens (tertiary/aromatic N) is 1. The van der Waals surface area contributed by atoms with E-state index in [4.69, 9.17) is 4.42 Å². The lowest BCUT2D eigenvalue weighted by molar-refractivity contribution is 0.0662. The molecule has 1 amide bonds. The summed E-state index contributed by atoms with van der Waals surface area (Å²) in [4.78, 5) is 14.4. The molecular formula is C22H22F2N2O4S. The molecule has 4 rings (SSSR count). The molecule has 0 aliphatic carbocycles. The molecule has 1 saturated heterocycles. The lowest BCUT2D eigenvalue weighted by atomic mass is 9.97. The van der Waals surface area contributed by atoms with Crippen LogP contribution < -0.4 is 4.72 Å². The Kier molecular flexibility index (Phi) is 6.06. The minimum absolute atomic E-state index is 0.0521. The van der Waals surface area contributed by atoms with Crippen LogP contribution in [0.5, 0.6) is 0 Å². The topological polar surface area (TPSA) is 79.6 Å². The summed E-state index contributed by atoms with van der Waals surface area (Å²) in [6.45, 7) is 1.21. The summed E-state index contributed by atoms with van der Waals surface area (Å²) in [6, 6.07) is 11.8. The maximum absolute atomic E-state index is 13.3. The smallest absolute Gasteiger partial charge is 0.289 e. The molecule has 0 unspecified atom stereocenters. The summed E-state index contributed by atoms with van der Waals surface area (Å²) in [5, 5.41) is 0.869. The lowest BCUT2D eigenvalue weighted by Gasteiger charge is -2.31. The van der Waals surface area contributed by atoms with Gasteiger partial charge in [0.1, 0.15) is 17.2 Å². The van der Waals surface area contributed by atoms with E-state index in [1.54, 1.807) is 11.0 Å². The average molecular weight is 448 g/mol. The maximum atomic E-state index is 13.3. The van der Waals surface area contributed by atoms with Crippen molar-refractivity contribution in [1.29, 1.82) is 0 Å². The Morgan fingerprint density at radius 1 is 1.06 bits per heavy atom. The molecule has 0 saturated carbocycles. The monoisotopic (exact) mass is 448 g/mol. The van der Waals surface area contributed by atoms with Crippen molar-refractivity contribution < 1.29 is 26.4 Å². The van der Waals surface area contributed by atoms with Crippen molar-refractivity contribution in [3.8, 4) is 0 Å². The Morgan fingerprint density at radius 3 is 2.42 bits per heavy atom. The molecule has 2 aromatic carbocycles. The molecule has 0 radical (unpaired) electrons. The minimum Gasteiger partial charge on any atom is -0.451 e. The number of hydrogen-bond acceptors (Lipinski definition) is 4. The highest BCUT2D eigenvalue weighted by Crippen LogP contribution is 2.23. The number of piperidine rings is 1. The predicted molar refractivity (Wildman–Crippen MR) is 112 cm³/mol. The van der Waals surface area contributed by atoms with Crippen LogP contribution in [0.1, 0.15) is 29.0 Å². The van der Waals surface area contributed by atoms with E-state index < -0.39 is 27.4 Å². The van der Waals surface area contributed by atoms with Gasteiger partial charge in [-0.1, -0.05) is 18.2 Å². The van der Waals surface area contributed by atoms with Gasteiger partial charge < -0.3 is 9.32 Å². The average Bonchev–Trinajstić information content (AvgIpc) is 3.15. The molecule has 6 nitrogen and oxygen atoms in total. The van der Waals surface area contributed by atoms with Crippen LogP contribution in [-0.4, -0.2) is 38.9 Å². The van der Waals surface area contributed by atoms with Crippen LogP contribution in [0.25, 0.3) is 11.0 Å². The van der Waals surface area contributed by atoms with Crippen molar-refractivity contribution in [3.05, 3.63) is 71.5 Å². The molecule has 1 aromatic heterocycles. The SMILES string of the molecule is O=C(c1cc2ccccc2o1)N1CCC(CNS(=O)(=O)Cc2cc(F)cc(F)c2)CC1. The van der Waals surface area contributed by atoms with Crippen LogP contribution in [0, 0.1) is 17.6 Å². The van der Waals surface area contributed by atoms with Gasteiger partial charge in [0.05, 0.1) is 5.75 Å². The van der Waals surface area contributed by atoms with Gasteiger partial charge in [0.2, 0.25) is 10.0 Å². The third-order valence-electron chi connectivity index (χ3n) is 5.41. The van der Waals surface area contributed by atoms with Crippen LogP contribution in [0.3, 0.4) is 0 Å². The molecule has 9 heteroatoms. The minimum atomic E-state index is -3.73. The molecular weight excluding hydrogens is 426 g/mol. The molecule has 0 spiro atoms. The Bertz CT molecular complexity index is 1150. The molecule has 1 aliphatic heterocycles. The molecule has 1 N–H and O–H groups in total. The van der Waals surface area contributed by atoms with Crippen LogP contribution >= 0.6 is 0 Å². The molecule has 0 bridgehead atoms. The summed E-state index contributed by atoms with van der Waals surface area (Å²) in [7, 11) is -3.73. The Labute approximate surface area is 178 Å². The fourth-order valence-corrected chi connectivity index (χ4v) is 4.99. The number of rotatable bonds is 6. The van der Waals surface area contributed by atoms with E-state index in [0.717, 1.165) is 17.5 Å². The lowest BCUT2D eigenvalue weighted by Crippen LogP contribution is -2.41. The highest BCUT2D eigenvalue weighted by Gasteiger charge is 2.26. The van der Waals surface area contributed by atoms with Gasteiger partial charge in [-0.3, -0.25) is 4.79 Å². The largest absolute Gasteiger partial charge is 0.451 e. The number of carbonyl (C=O) groups is 1. The van der Waals surface area contributed by atoms with Crippen molar-refractivity contribution in [2.45, 2.75) is 18.6 Å². The Morgan fingerprint density at radius 2 is 1.74 bits per heavy atom. The zero-order chi connectivity index (χ0) is 22.0. The van der Waals surface area contributed by atoms with Gasteiger partial charge in [-0.2, -0.15) is 0 Å². The summed E-state index contributed by atoms with van der Waals surface area (Å²) in [6.07, 6.45) is 1.28. The first-order valence-electron chi connectivity index (χ1n) is 9.99. The molecule has 0 atom stereocenters. The van der Waals surface area contributed by atoms with Crippen LogP contribution in [0.15, 0.2) is 52.9 Å². The summed E-state index contributed by atoms with van der Waals surface area (Å²) in [5.41, 5.74) is 0.713. The zero-order valence-corrected chi connectivity index (χ0v) is 17.5. The van der Waals surface area contributed by atoms with E-state index in [-0.39, 0.29) is 23.9 Å². The first kappa shape index (κ1) is 21.5. The number of fused-ring (bicyclic) bond motifs is 1. The highest BCUT2D eigenvalue weighted by atomic mass is 32.2. The van der Waals surface area contributed by atoms with E-state index in [1.165, 1.54) is 0 Å². The predicted octanol–water partition coefficient (Wildman–Crippen LogP) is 3.68. The van der Waals surface area contributed by atoms with Crippen molar-refractivity contribution in [1.82, 2.24) is 9.62 Å². The van der Waals surface area contributed by atoms with E-state index in [9.17, 15) is 22.0 Å². The van der Waals surface area contributed by atoms with Gasteiger partial charge in [0.25, 0.3) is 5.91 Å². The normalized spacial score (nSPS) is 15.5. The van der Waals surface area contributed by atoms with Crippen LogP contribution in [0.2, 0.25) is 0 Å². The number of furan rings is 1. The molecule has 3 aromatic rings. The Hall–Kier alpha value is -2.78. The molecule has 1 fully saturated rings. The number of likely N-dealkylation sites (tertiary alicyclic amines) is 1. The van der Waals surface area contributed by atoms with Gasteiger partial charge in [-0.05, 0) is 48.6 Å². The second-order valence-electron chi connectivity index (χ2n) is 7.77. The molecule has 1 aliphatic rings. The third-order valence-corrected chi connectivity index (χ3v) is 6.73.